The molecule has 2 rings (SSSR count). The number of carbonyl (C=O) groups excluding carboxylic acids is 2. The Balaban J connectivity index is 1.98. The second-order valence-corrected chi connectivity index (χ2v) is 8.14. The van der Waals surface area contributed by atoms with Crippen molar-refractivity contribution in [1.82, 2.24) is 10.2 Å². The molecule has 0 spiro atoms. The molecule has 0 aromatic heterocycles. The van der Waals surface area contributed by atoms with Crippen molar-refractivity contribution < 1.29 is 23.8 Å². The molecule has 7 nitrogen and oxygen atoms in total. The fraction of sp³-hybridized carbons (Fsp3) is 0.619. The second-order valence-electron chi connectivity index (χ2n) is 8.14. The third-order valence-corrected chi connectivity index (χ3v) is 4.80. The minimum Gasteiger partial charge on any atom is -0.445 e. The molecule has 7 heteroatoms. The van der Waals surface area contributed by atoms with Gasteiger partial charge in [-0.05, 0) is 45.6 Å². The molecule has 1 N–H and O–H groups in total. The Hall–Kier alpha value is -2.28. The predicted molar refractivity (Wildman–Crippen MR) is 106 cm³/mol. The normalized spacial score (nSPS) is 22.2. The highest BCUT2D eigenvalue weighted by molar-refractivity contribution is 5.70. The van der Waals surface area contributed by atoms with Crippen LogP contribution >= 0.6 is 0 Å². The van der Waals surface area contributed by atoms with Crippen molar-refractivity contribution >= 4 is 12.2 Å². The highest BCUT2D eigenvalue weighted by atomic mass is 16.6. The SMILES string of the molecule is CO[C@@H]1CC[C@H](NC(=O)OCc2ccccc2)[C@@H](N(C)C(=O)OC(C)(C)C)C1. The van der Waals surface area contributed by atoms with Crippen molar-refractivity contribution in [2.75, 3.05) is 14.2 Å². The maximum atomic E-state index is 12.5. The number of hydrogen-bond donors (Lipinski definition) is 1. The van der Waals surface area contributed by atoms with Crippen molar-refractivity contribution in [3.63, 3.8) is 0 Å². The van der Waals surface area contributed by atoms with Crippen LogP contribution in [0.1, 0.15) is 45.6 Å². The Bertz CT molecular complexity index is 644. The molecule has 1 aliphatic rings. The maximum absolute atomic E-state index is 12.5. The van der Waals surface area contributed by atoms with Crippen LogP contribution in [-0.2, 0) is 20.8 Å². The zero-order chi connectivity index (χ0) is 20.7. The summed E-state index contributed by atoms with van der Waals surface area (Å²) in [6, 6.07) is 9.04. The van der Waals surface area contributed by atoms with Crippen LogP contribution in [0.4, 0.5) is 9.59 Å². The third-order valence-electron chi connectivity index (χ3n) is 4.80. The van der Waals surface area contributed by atoms with Gasteiger partial charge in [0.15, 0.2) is 0 Å². The first-order valence-corrected chi connectivity index (χ1v) is 9.65. The maximum Gasteiger partial charge on any atom is 0.410 e. The van der Waals surface area contributed by atoms with Gasteiger partial charge in [-0.1, -0.05) is 30.3 Å². The first kappa shape index (κ1) is 22.0. The fourth-order valence-corrected chi connectivity index (χ4v) is 3.31. The largest absolute Gasteiger partial charge is 0.445 e. The lowest BCUT2D eigenvalue weighted by atomic mass is 9.87. The van der Waals surface area contributed by atoms with E-state index >= 15 is 0 Å². The average Bonchev–Trinajstić information content (AvgIpc) is 2.65. The van der Waals surface area contributed by atoms with Crippen LogP contribution in [0.25, 0.3) is 0 Å². The summed E-state index contributed by atoms with van der Waals surface area (Å²) in [4.78, 5) is 26.4. The molecule has 0 radical (unpaired) electrons. The van der Waals surface area contributed by atoms with E-state index < -0.39 is 17.8 Å². The number of likely N-dealkylation sites (N-methyl/N-ethyl adjacent to an activating group) is 1. The topological polar surface area (TPSA) is 77.1 Å². The zero-order valence-corrected chi connectivity index (χ0v) is 17.4. The van der Waals surface area contributed by atoms with Gasteiger partial charge in [0.05, 0.1) is 18.2 Å². The van der Waals surface area contributed by atoms with Gasteiger partial charge < -0.3 is 24.4 Å². The Morgan fingerprint density at radius 2 is 1.86 bits per heavy atom. The molecule has 1 aromatic carbocycles. The summed E-state index contributed by atoms with van der Waals surface area (Å²) >= 11 is 0. The molecule has 1 saturated carbocycles. The molecule has 0 aliphatic heterocycles. The number of alkyl carbamates (subject to hydrolysis) is 1. The fourth-order valence-electron chi connectivity index (χ4n) is 3.31. The Kier molecular flexibility index (Phi) is 7.69. The van der Waals surface area contributed by atoms with E-state index in [-0.39, 0.29) is 24.8 Å². The number of ether oxygens (including phenoxy) is 3. The minimum atomic E-state index is -0.585. The summed E-state index contributed by atoms with van der Waals surface area (Å²) in [5, 5.41) is 2.92. The highest BCUT2D eigenvalue weighted by Crippen LogP contribution is 2.26. The number of benzene rings is 1. The van der Waals surface area contributed by atoms with Crippen molar-refractivity contribution in [2.24, 2.45) is 0 Å². The molecule has 0 saturated heterocycles. The van der Waals surface area contributed by atoms with Crippen LogP contribution in [0.5, 0.6) is 0 Å². The molecule has 156 valence electrons. The standard InChI is InChI=1S/C21H32N2O5/c1-21(2,3)28-20(25)23(4)18-13-16(26-5)11-12-17(18)22-19(24)27-14-15-9-7-6-8-10-15/h6-10,16-18H,11-14H2,1-5H3,(H,22,24)/t16-,17+,18+/m1/s1. The van der Waals surface area contributed by atoms with E-state index in [0.717, 1.165) is 12.0 Å². The number of amides is 2. The number of methoxy groups -OCH3 is 1. The average molecular weight is 392 g/mol. The van der Waals surface area contributed by atoms with Gasteiger partial charge in [0.1, 0.15) is 12.2 Å². The molecule has 0 heterocycles. The summed E-state index contributed by atoms with van der Waals surface area (Å²) in [7, 11) is 3.36. The lowest BCUT2D eigenvalue weighted by Crippen LogP contribution is -2.56. The summed E-state index contributed by atoms with van der Waals surface area (Å²) in [6.07, 6.45) is 1.24. The van der Waals surface area contributed by atoms with E-state index in [2.05, 4.69) is 5.32 Å². The van der Waals surface area contributed by atoms with E-state index in [4.69, 9.17) is 14.2 Å². The molecular formula is C21H32N2O5. The van der Waals surface area contributed by atoms with E-state index in [1.54, 1.807) is 19.1 Å². The van der Waals surface area contributed by atoms with Gasteiger partial charge in [-0.3, -0.25) is 0 Å². The summed E-state index contributed by atoms with van der Waals surface area (Å²) in [5.41, 5.74) is 0.334. The first-order chi connectivity index (χ1) is 13.2. The number of hydrogen-bond acceptors (Lipinski definition) is 5. The summed E-state index contributed by atoms with van der Waals surface area (Å²) in [6.45, 7) is 5.68. The lowest BCUT2D eigenvalue weighted by Gasteiger charge is -2.40. The van der Waals surface area contributed by atoms with Gasteiger partial charge in [0.25, 0.3) is 0 Å². The predicted octanol–water partition coefficient (Wildman–Crippen LogP) is 3.72. The van der Waals surface area contributed by atoms with E-state index in [1.165, 1.54) is 0 Å². The van der Waals surface area contributed by atoms with Gasteiger partial charge >= 0.3 is 12.2 Å². The molecule has 1 aliphatic carbocycles. The van der Waals surface area contributed by atoms with Crippen LogP contribution in [0.2, 0.25) is 0 Å². The Morgan fingerprint density at radius 3 is 2.46 bits per heavy atom. The molecule has 2 amide bonds. The molecule has 3 atom stereocenters. The van der Waals surface area contributed by atoms with Crippen molar-refractivity contribution in [2.45, 2.75) is 70.4 Å². The zero-order valence-electron chi connectivity index (χ0n) is 17.4. The minimum absolute atomic E-state index is 0.0354. The number of rotatable bonds is 5. The van der Waals surface area contributed by atoms with Crippen molar-refractivity contribution in [1.29, 1.82) is 0 Å². The lowest BCUT2D eigenvalue weighted by molar-refractivity contribution is -0.00726. The number of nitrogens with one attached hydrogen (secondary N) is 1. The molecule has 1 fully saturated rings. The van der Waals surface area contributed by atoms with E-state index in [1.807, 2.05) is 51.1 Å². The van der Waals surface area contributed by atoms with Crippen molar-refractivity contribution in [3.8, 4) is 0 Å². The third kappa shape index (κ3) is 6.71. The Labute approximate surface area is 167 Å². The van der Waals surface area contributed by atoms with Crippen LogP contribution in [0.15, 0.2) is 30.3 Å². The smallest absolute Gasteiger partial charge is 0.410 e. The van der Waals surface area contributed by atoms with Gasteiger partial charge in [-0.2, -0.15) is 0 Å². The number of carbonyl (C=O) groups is 2. The number of nitrogens with zero attached hydrogens (tertiary/aromatic N) is 1. The van der Waals surface area contributed by atoms with E-state index in [9.17, 15) is 9.59 Å². The van der Waals surface area contributed by atoms with Crippen LogP contribution in [0, 0.1) is 0 Å². The van der Waals surface area contributed by atoms with E-state index in [0.29, 0.717) is 12.8 Å². The van der Waals surface area contributed by atoms with Gasteiger partial charge in [-0.25, -0.2) is 9.59 Å². The molecule has 1 aromatic rings. The molecular weight excluding hydrogens is 360 g/mol. The highest BCUT2D eigenvalue weighted by Gasteiger charge is 2.37. The van der Waals surface area contributed by atoms with Gasteiger partial charge in [0.2, 0.25) is 0 Å². The summed E-state index contributed by atoms with van der Waals surface area (Å²) in [5.74, 6) is 0. The first-order valence-electron chi connectivity index (χ1n) is 9.65. The van der Waals surface area contributed by atoms with Crippen LogP contribution in [0.3, 0.4) is 0 Å². The van der Waals surface area contributed by atoms with Gasteiger partial charge in [-0.15, -0.1) is 0 Å². The van der Waals surface area contributed by atoms with Crippen LogP contribution in [-0.4, -0.2) is 55.0 Å². The molecule has 28 heavy (non-hydrogen) atoms. The molecule has 0 bridgehead atoms. The van der Waals surface area contributed by atoms with Crippen LogP contribution < -0.4 is 5.32 Å². The van der Waals surface area contributed by atoms with Crippen molar-refractivity contribution in [3.05, 3.63) is 35.9 Å². The summed E-state index contributed by atoms with van der Waals surface area (Å²) < 4.78 is 16.3. The second kappa shape index (κ2) is 9.78. The quantitative estimate of drug-likeness (QED) is 0.826. The van der Waals surface area contributed by atoms with Gasteiger partial charge in [0, 0.05) is 14.2 Å². The molecule has 0 unspecified atom stereocenters. The Morgan fingerprint density at radius 1 is 1.18 bits per heavy atom. The monoisotopic (exact) mass is 392 g/mol.